The first kappa shape index (κ1) is 16.8. The summed E-state index contributed by atoms with van der Waals surface area (Å²) >= 11 is 0. The highest BCUT2D eigenvalue weighted by Gasteiger charge is 2.22. The molecule has 6 nitrogen and oxygen atoms in total. The summed E-state index contributed by atoms with van der Waals surface area (Å²) in [6.45, 7) is 5.82. The van der Waals surface area contributed by atoms with Crippen LogP contribution in [0.4, 0.5) is 4.79 Å². The lowest BCUT2D eigenvalue weighted by Gasteiger charge is -2.20. The Morgan fingerprint density at radius 3 is 2.55 bits per heavy atom. The molecule has 6 heteroatoms. The van der Waals surface area contributed by atoms with Crippen molar-refractivity contribution in [2.24, 2.45) is 11.8 Å². The molecule has 0 spiro atoms. The fourth-order valence-electron chi connectivity index (χ4n) is 2.57. The van der Waals surface area contributed by atoms with Crippen molar-refractivity contribution in [3.63, 3.8) is 0 Å². The van der Waals surface area contributed by atoms with Gasteiger partial charge >= 0.3 is 12.0 Å². The highest BCUT2D eigenvalue weighted by molar-refractivity contribution is 5.75. The van der Waals surface area contributed by atoms with Crippen LogP contribution in [0.1, 0.15) is 33.1 Å². The maximum atomic E-state index is 11.7. The molecule has 1 rings (SSSR count). The Morgan fingerprint density at radius 2 is 2.05 bits per heavy atom. The molecule has 116 valence electrons. The Labute approximate surface area is 120 Å². The standard InChI is InChI=1S/C14H27N3O3/c1-10(2)7-11(13(18)19)8-15-14(20)16-9-12-5-4-6-17(12)3/h10-12H,4-9H2,1-3H3,(H,18,19)(H2,15,16,20). The average molecular weight is 285 g/mol. The molecule has 0 aliphatic carbocycles. The van der Waals surface area contributed by atoms with Crippen molar-refractivity contribution in [1.29, 1.82) is 0 Å². The van der Waals surface area contributed by atoms with Gasteiger partial charge in [-0.2, -0.15) is 0 Å². The van der Waals surface area contributed by atoms with E-state index in [1.165, 1.54) is 6.42 Å². The number of carbonyl (C=O) groups is 2. The first-order valence-electron chi connectivity index (χ1n) is 7.35. The first-order valence-corrected chi connectivity index (χ1v) is 7.35. The summed E-state index contributed by atoms with van der Waals surface area (Å²) < 4.78 is 0. The Balaban J connectivity index is 2.25. The second kappa shape index (κ2) is 8.09. The minimum Gasteiger partial charge on any atom is -0.481 e. The number of carboxylic acid groups (broad SMARTS) is 1. The maximum absolute atomic E-state index is 11.7. The summed E-state index contributed by atoms with van der Waals surface area (Å²) in [5.74, 6) is -1.07. The number of carbonyl (C=O) groups excluding carboxylic acids is 1. The van der Waals surface area contributed by atoms with Crippen LogP contribution < -0.4 is 10.6 Å². The van der Waals surface area contributed by atoms with Crippen molar-refractivity contribution in [1.82, 2.24) is 15.5 Å². The van der Waals surface area contributed by atoms with Crippen LogP contribution in [0.5, 0.6) is 0 Å². The number of nitrogens with zero attached hydrogens (tertiary/aromatic N) is 1. The van der Waals surface area contributed by atoms with Gasteiger partial charge < -0.3 is 20.6 Å². The van der Waals surface area contributed by atoms with E-state index in [1.807, 2.05) is 13.8 Å². The minimum atomic E-state index is -0.852. The number of hydrogen-bond donors (Lipinski definition) is 3. The van der Waals surface area contributed by atoms with Gasteiger partial charge in [-0.3, -0.25) is 4.79 Å². The van der Waals surface area contributed by atoms with Crippen LogP contribution in [-0.4, -0.2) is 54.7 Å². The van der Waals surface area contributed by atoms with Gasteiger partial charge in [-0.25, -0.2) is 4.79 Å². The number of urea groups is 1. The topological polar surface area (TPSA) is 81.7 Å². The summed E-state index contributed by atoms with van der Waals surface area (Å²) in [4.78, 5) is 25.0. The predicted octanol–water partition coefficient (Wildman–Crippen LogP) is 1.13. The molecular formula is C14H27N3O3. The van der Waals surface area contributed by atoms with E-state index in [-0.39, 0.29) is 12.6 Å². The summed E-state index contributed by atoms with van der Waals surface area (Å²) in [5.41, 5.74) is 0. The van der Waals surface area contributed by atoms with E-state index in [4.69, 9.17) is 5.11 Å². The molecule has 0 saturated carbocycles. The lowest BCUT2D eigenvalue weighted by molar-refractivity contribution is -0.142. The van der Waals surface area contributed by atoms with Crippen molar-refractivity contribution < 1.29 is 14.7 Å². The van der Waals surface area contributed by atoms with Crippen LogP contribution in [-0.2, 0) is 4.79 Å². The van der Waals surface area contributed by atoms with Crippen molar-refractivity contribution in [3.05, 3.63) is 0 Å². The van der Waals surface area contributed by atoms with E-state index in [0.717, 1.165) is 13.0 Å². The fourth-order valence-corrected chi connectivity index (χ4v) is 2.57. The fraction of sp³-hybridized carbons (Fsp3) is 0.857. The molecule has 2 unspecified atom stereocenters. The monoisotopic (exact) mass is 285 g/mol. The summed E-state index contributed by atoms with van der Waals surface area (Å²) in [6, 6.07) is 0.118. The van der Waals surface area contributed by atoms with Gasteiger partial charge in [0, 0.05) is 19.1 Å². The molecule has 0 radical (unpaired) electrons. The van der Waals surface area contributed by atoms with Crippen molar-refractivity contribution in [2.45, 2.75) is 39.2 Å². The molecule has 0 aromatic rings. The molecule has 1 aliphatic rings. The van der Waals surface area contributed by atoms with Crippen molar-refractivity contribution in [2.75, 3.05) is 26.7 Å². The highest BCUT2D eigenvalue weighted by atomic mass is 16.4. The minimum absolute atomic E-state index is 0.180. The third-order valence-electron chi connectivity index (χ3n) is 3.78. The smallest absolute Gasteiger partial charge is 0.314 e. The van der Waals surface area contributed by atoms with E-state index in [1.54, 1.807) is 0 Å². The zero-order valence-corrected chi connectivity index (χ0v) is 12.7. The Morgan fingerprint density at radius 1 is 1.35 bits per heavy atom. The van der Waals surface area contributed by atoms with Crippen LogP contribution in [0.15, 0.2) is 0 Å². The summed E-state index contributed by atoms with van der Waals surface area (Å²) in [6.07, 6.45) is 2.84. The van der Waals surface area contributed by atoms with Gasteiger partial charge in [0.2, 0.25) is 0 Å². The number of carboxylic acids is 1. The Kier molecular flexibility index (Phi) is 6.78. The zero-order valence-electron chi connectivity index (χ0n) is 12.7. The van der Waals surface area contributed by atoms with E-state index in [2.05, 4.69) is 22.6 Å². The number of hydrogen-bond acceptors (Lipinski definition) is 3. The maximum Gasteiger partial charge on any atom is 0.314 e. The van der Waals surface area contributed by atoms with E-state index >= 15 is 0 Å². The molecule has 1 aliphatic heterocycles. The predicted molar refractivity (Wildman–Crippen MR) is 77.6 cm³/mol. The van der Waals surface area contributed by atoms with Gasteiger partial charge in [-0.05, 0) is 38.8 Å². The van der Waals surface area contributed by atoms with Crippen LogP contribution in [0.2, 0.25) is 0 Å². The quantitative estimate of drug-likeness (QED) is 0.655. The molecule has 0 aromatic carbocycles. The molecule has 0 bridgehead atoms. The van der Waals surface area contributed by atoms with E-state index in [0.29, 0.717) is 24.9 Å². The Hall–Kier alpha value is -1.30. The van der Waals surface area contributed by atoms with Gasteiger partial charge in [-0.1, -0.05) is 13.8 Å². The molecule has 1 saturated heterocycles. The van der Waals surface area contributed by atoms with Gasteiger partial charge in [0.05, 0.1) is 5.92 Å². The second-order valence-corrected chi connectivity index (χ2v) is 6.03. The third-order valence-corrected chi connectivity index (χ3v) is 3.78. The van der Waals surface area contributed by atoms with Crippen LogP contribution in [0, 0.1) is 11.8 Å². The van der Waals surface area contributed by atoms with Gasteiger partial charge in [-0.15, -0.1) is 0 Å². The highest BCUT2D eigenvalue weighted by Crippen LogP contribution is 2.13. The van der Waals surface area contributed by atoms with Crippen LogP contribution >= 0.6 is 0 Å². The first-order chi connectivity index (χ1) is 9.40. The molecule has 1 fully saturated rings. The molecule has 0 aromatic heterocycles. The molecule has 1 heterocycles. The van der Waals surface area contributed by atoms with Crippen molar-refractivity contribution >= 4 is 12.0 Å². The zero-order chi connectivity index (χ0) is 15.1. The van der Waals surface area contributed by atoms with Gasteiger partial charge in [0.1, 0.15) is 0 Å². The van der Waals surface area contributed by atoms with Gasteiger partial charge in [0.15, 0.2) is 0 Å². The van der Waals surface area contributed by atoms with Crippen LogP contribution in [0.3, 0.4) is 0 Å². The molecular weight excluding hydrogens is 258 g/mol. The van der Waals surface area contributed by atoms with E-state index < -0.39 is 11.9 Å². The molecule has 3 N–H and O–H groups in total. The summed E-state index contributed by atoms with van der Waals surface area (Å²) in [7, 11) is 2.06. The van der Waals surface area contributed by atoms with E-state index in [9.17, 15) is 9.59 Å². The number of likely N-dealkylation sites (tertiary alicyclic amines) is 1. The molecule has 2 atom stereocenters. The number of likely N-dealkylation sites (N-methyl/N-ethyl adjacent to an activating group) is 1. The molecule has 20 heavy (non-hydrogen) atoms. The van der Waals surface area contributed by atoms with Gasteiger partial charge in [0.25, 0.3) is 0 Å². The summed E-state index contributed by atoms with van der Waals surface area (Å²) in [5, 5.41) is 14.6. The number of aliphatic carboxylic acids is 1. The average Bonchev–Trinajstić information content (AvgIpc) is 2.76. The number of amides is 2. The SMILES string of the molecule is CC(C)CC(CNC(=O)NCC1CCCN1C)C(=O)O. The lowest BCUT2D eigenvalue weighted by atomic mass is 9.97. The normalized spacial score (nSPS) is 20.9. The lowest BCUT2D eigenvalue weighted by Crippen LogP contribution is -2.44. The third kappa shape index (κ3) is 5.77. The Bertz CT molecular complexity index is 334. The van der Waals surface area contributed by atoms with Crippen molar-refractivity contribution in [3.8, 4) is 0 Å². The number of nitrogens with one attached hydrogen (secondary N) is 2. The number of rotatable bonds is 7. The largest absolute Gasteiger partial charge is 0.481 e. The second-order valence-electron chi connectivity index (χ2n) is 6.03. The van der Waals surface area contributed by atoms with Crippen LogP contribution in [0.25, 0.3) is 0 Å². The molecule has 2 amide bonds.